The lowest BCUT2D eigenvalue weighted by molar-refractivity contribution is -0.126. The van der Waals surface area contributed by atoms with E-state index in [1.807, 2.05) is 0 Å². The highest BCUT2D eigenvalue weighted by Gasteiger charge is 2.23. The highest BCUT2D eigenvalue weighted by molar-refractivity contribution is 5.79. The number of hydrogen-bond acceptors (Lipinski definition) is 2. The van der Waals surface area contributed by atoms with Gasteiger partial charge in [-0.05, 0) is 32.2 Å². The zero-order chi connectivity index (χ0) is 11.2. The van der Waals surface area contributed by atoms with Crippen LogP contribution in [0.1, 0.15) is 51.4 Å². The van der Waals surface area contributed by atoms with Gasteiger partial charge in [0, 0.05) is 12.6 Å². The topological polar surface area (TPSA) is 41.1 Å². The first-order valence-electron chi connectivity index (χ1n) is 6.87. The number of piperidine rings is 1. The van der Waals surface area contributed by atoms with Gasteiger partial charge in [0.25, 0.3) is 0 Å². The number of hydrogen-bond donors (Lipinski definition) is 2. The maximum atomic E-state index is 12.0. The third-order valence-electron chi connectivity index (χ3n) is 3.87. The molecule has 1 aliphatic carbocycles. The molecule has 1 atom stereocenters. The highest BCUT2D eigenvalue weighted by atomic mass is 16.2. The molecule has 3 nitrogen and oxygen atoms in total. The third kappa shape index (κ3) is 3.48. The summed E-state index contributed by atoms with van der Waals surface area (Å²) in [6, 6.07) is 0.455. The van der Waals surface area contributed by atoms with Crippen LogP contribution in [-0.4, -0.2) is 25.0 Å². The molecule has 0 bridgehead atoms. The van der Waals surface area contributed by atoms with Gasteiger partial charge in [-0.1, -0.05) is 25.7 Å². The second kappa shape index (κ2) is 6.24. The zero-order valence-electron chi connectivity index (χ0n) is 10.1. The molecule has 1 heterocycles. The molecular formula is C13H24N2O. The second-order valence-corrected chi connectivity index (χ2v) is 5.24. The monoisotopic (exact) mass is 224 g/mol. The number of carbonyl (C=O) groups is 1. The molecular weight excluding hydrogens is 200 g/mol. The first-order chi connectivity index (χ1) is 7.86. The minimum atomic E-state index is 0.219. The van der Waals surface area contributed by atoms with E-state index in [2.05, 4.69) is 10.6 Å². The Hall–Kier alpha value is -0.570. The van der Waals surface area contributed by atoms with Crippen LogP contribution in [0.5, 0.6) is 0 Å². The van der Waals surface area contributed by atoms with Crippen LogP contribution < -0.4 is 10.6 Å². The lowest BCUT2D eigenvalue weighted by Gasteiger charge is -2.25. The predicted octanol–water partition coefficient (Wildman–Crippen LogP) is 1.82. The first-order valence-corrected chi connectivity index (χ1v) is 6.87. The Morgan fingerprint density at radius 3 is 2.38 bits per heavy atom. The molecule has 0 aromatic rings. The van der Waals surface area contributed by atoms with Gasteiger partial charge in [-0.3, -0.25) is 4.79 Å². The Morgan fingerprint density at radius 2 is 1.75 bits per heavy atom. The molecule has 0 radical (unpaired) electrons. The van der Waals surface area contributed by atoms with Gasteiger partial charge >= 0.3 is 0 Å². The number of nitrogens with one attached hydrogen (secondary N) is 2. The number of amides is 1. The molecule has 1 saturated carbocycles. The largest absolute Gasteiger partial charge is 0.353 e. The van der Waals surface area contributed by atoms with Crippen LogP contribution in [0.2, 0.25) is 0 Å². The Bertz CT molecular complexity index is 216. The Labute approximate surface area is 98.4 Å². The summed E-state index contributed by atoms with van der Waals surface area (Å²) in [5, 5.41) is 6.55. The van der Waals surface area contributed by atoms with Crippen LogP contribution in [0, 0.1) is 5.92 Å². The average molecular weight is 224 g/mol. The quantitative estimate of drug-likeness (QED) is 0.703. The van der Waals surface area contributed by atoms with E-state index in [4.69, 9.17) is 0 Å². The van der Waals surface area contributed by atoms with Gasteiger partial charge in [0.05, 0.1) is 5.92 Å². The molecule has 2 fully saturated rings. The van der Waals surface area contributed by atoms with Gasteiger partial charge in [-0.15, -0.1) is 0 Å². The third-order valence-corrected chi connectivity index (χ3v) is 3.87. The molecule has 1 saturated heterocycles. The van der Waals surface area contributed by atoms with Crippen molar-refractivity contribution in [2.75, 3.05) is 13.1 Å². The summed E-state index contributed by atoms with van der Waals surface area (Å²) in [7, 11) is 0. The van der Waals surface area contributed by atoms with Gasteiger partial charge in [0.1, 0.15) is 0 Å². The summed E-state index contributed by atoms with van der Waals surface area (Å²) in [5.74, 6) is 0.510. The second-order valence-electron chi connectivity index (χ2n) is 5.24. The normalized spacial score (nSPS) is 28.4. The predicted molar refractivity (Wildman–Crippen MR) is 65.2 cm³/mol. The van der Waals surface area contributed by atoms with Crippen molar-refractivity contribution in [1.29, 1.82) is 0 Å². The minimum Gasteiger partial charge on any atom is -0.353 e. The van der Waals surface area contributed by atoms with Crippen molar-refractivity contribution in [3.8, 4) is 0 Å². The lowest BCUT2D eigenvalue weighted by atomic mass is 9.98. The van der Waals surface area contributed by atoms with E-state index in [9.17, 15) is 4.79 Å². The smallest absolute Gasteiger partial charge is 0.224 e. The van der Waals surface area contributed by atoms with E-state index in [0.717, 1.165) is 25.9 Å². The molecule has 1 aliphatic heterocycles. The fourth-order valence-corrected chi connectivity index (χ4v) is 2.82. The van der Waals surface area contributed by atoms with Gasteiger partial charge in [-0.25, -0.2) is 0 Å². The molecule has 1 amide bonds. The van der Waals surface area contributed by atoms with Crippen molar-refractivity contribution in [1.82, 2.24) is 10.6 Å². The summed E-state index contributed by atoms with van der Waals surface area (Å²) in [6.45, 7) is 1.95. The van der Waals surface area contributed by atoms with Gasteiger partial charge < -0.3 is 10.6 Å². The standard InChI is InChI=1S/C13H24N2O/c16-13(11-6-5-9-14-10-11)15-12-7-3-1-2-4-8-12/h11-12,14H,1-10H2,(H,15,16). The van der Waals surface area contributed by atoms with Gasteiger partial charge in [-0.2, -0.15) is 0 Å². The van der Waals surface area contributed by atoms with Crippen molar-refractivity contribution in [2.24, 2.45) is 5.92 Å². The molecule has 3 heteroatoms. The van der Waals surface area contributed by atoms with Crippen LogP contribution >= 0.6 is 0 Å². The van der Waals surface area contributed by atoms with E-state index >= 15 is 0 Å². The molecule has 2 rings (SSSR count). The molecule has 0 spiro atoms. The van der Waals surface area contributed by atoms with Crippen molar-refractivity contribution in [3.05, 3.63) is 0 Å². The summed E-state index contributed by atoms with van der Waals surface area (Å²) in [6.07, 6.45) is 9.84. The maximum Gasteiger partial charge on any atom is 0.224 e. The van der Waals surface area contributed by atoms with E-state index in [1.165, 1.54) is 38.5 Å². The fraction of sp³-hybridized carbons (Fsp3) is 0.923. The molecule has 2 N–H and O–H groups in total. The lowest BCUT2D eigenvalue weighted by Crippen LogP contribution is -2.44. The fourth-order valence-electron chi connectivity index (χ4n) is 2.82. The highest BCUT2D eigenvalue weighted by Crippen LogP contribution is 2.18. The average Bonchev–Trinajstić information content (AvgIpc) is 2.59. The molecule has 1 unspecified atom stereocenters. The van der Waals surface area contributed by atoms with Crippen molar-refractivity contribution in [3.63, 3.8) is 0 Å². The van der Waals surface area contributed by atoms with E-state index in [-0.39, 0.29) is 5.92 Å². The summed E-state index contributed by atoms with van der Waals surface area (Å²) in [5.41, 5.74) is 0. The molecule has 0 aromatic carbocycles. The van der Waals surface area contributed by atoms with Gasteiger partial charge in [0.15, 0.2) is 0 Å². The minimum absolute atomic E-state index is 0.219. The molecule has 0 aromatic heterocycles. The molecule has 92 valence electrons. The van der Waals surface area contributed by atoms with Crippen molar-refractivity contribution < 1.29 is 4.79 Å². The van der Waals surface area contributed by atoms with Crippen molar-refractivity contribution >= 4 is 5.91 Å². The molecule has 16 heavy (non-hydrogen) atoms. The summed E-state index contributed by atoms with van der Waals surface area (Å²) < 4.78 is 0. The SMILES string of the molecule is O=C(NC1CCCCCC1)C1CCCNC1. The Balaban J connectivity index is 1.76. The summed E-state index contributed by atoms with van der Waals surface area (Å²) in [4.78, 5) is 12.0. The van der Waals surface area contributed by atoms with Crippen LogP contribution in [-0.2, 0) is 4.79 Å². The zero-order valence-corrected chi connectivity index (χ0v) is 10.1. The first kappa shape index (κ1) is 11.9. The molecule has 2 aliphatic rings. The Kier molecular flexibility index (Phi) is 4.64. The van der Waals surface area contributed by atoms with Crippen molar-refractivity contribution in [2.45, 2.75) is 57.4 Å². The van der Waals surface area contributed by atoms with E-state index in [1.54, 1.807) is 0 Å². The van der Waals surface area contributed by atoms with Crippen LogP contribution in [0.15, 0.2) is 0 Å². The van der Waals surface area contributed by atoms with E-state index < -0.39 is 0 Å². The van der Waals surface area contributed by atoms with Crippen LogP contribution in [0.4, 0.5) is 0 Å². The number of carbonyl (C=O) groups excluding carboxylic acids is 1. The van der Waals surface area contributed by atoms with E-state index in [0.29, 0.717) is 11.9 Å². The summed E-state index contributed by atoms with van der Waals surface area (Å²) >= 11 is 0. The van der Waals surface area contributed by atoms with Gasteiger partial charge in [0.2, 0.25) is 5.91 Å². The van der Waals surface area contributed by atoms with Crippen LogP contribution in [0.25, 0.3) is 0 Å². The Morgan fingerprint density at radius 1 is 1.00 bits per heavy atom. The maximum absolute atomic E-state index is 12.0. The number of rotatable bonds is 2. The van der Waals surface area contributed by atoms with Crippen LogP contribution in [0.3, 0.4) is 0 Å².